The number of benzene rings is 2. The molecule has 10 nitrogen and oxygen atoms in total. The monoisotopic (exact) mass is 441 g/mol. The molecule has 154 valence electrons. The molecule has 0 saturated carbocycles. The normalized spacial score (nSPS) is 12.1. The molecule has 0 fully saturated rings. The van der Waals surface area contributed by atoms with Crippen LogP contribution in [0.3, 0.4) is 0 Å². The van der Waals surface area contributed by atoms with Crippen molar-refractivity contribution in [2.75, 3.05) is 12.4 Å². The van der Waals surface area contributed by atoms with Crippen molar-refractivity contribution in [3.63, 3.8) is 0 Å². The maximum absolute atomic E-state index is 12.3. The molecule has 0 radical (unpaired) electrons. The van der Waals surface area contributed by atoms with Crippen molar-refractivity contribution in [2.24, 2.45) is 0 Å². The number of nitro benzene ring substituents is 1. The SMILES string of the molecule is CNS(=O)(=O)c1ccc(Cl)c(C(=O)OC(C)C(=O)Nc2ccc([N+](=O)[O-])cc2)c1. The van der Waals surface area contributed by atoms with Crippen LogP contribution in [-0.2, 0) is 19.6 Å². The number of carbonyl (C=O) groups is 2. The van der Waals surface area contributed by atoms with E-state index in [1.165, 1.54) is 50.4 Å². The van der Waals surface area contributed by atoms with Crippen LogP contribution in [0.5, 0.6) is 0 Å². The quantitative estimate of drug-likeness (QED) is 0.381. The molecule has 1 unspecified atom stereocenters. The lowest BCUT2D eigenvalue weighted by molar-refractivity contribution is -0.384. The van der Waals surface area contributed by atoms with Gasteiger partial charge in [0, 0.05) is 17.8 Å². The Morgan fingerprint density at radius 3 is 2.34 bits per heavy atom. The number of anilines is 1. The number of nitrogens with zero attached hydrogens (tertiary/aromatic N) is 1. The maximum Gasteiger partial charge on any atom is 0.340 e. The number of hydrogen-bond acceptors (Lipinski definition) is 7. The summed E-state index contributed by atoms with van der Waals surface area (Å²) in [5.74, 6) is -1.68. The van der Waals surface area contributed by atoms with E-state index in [1.807, 2.05) is 0 Å². The molecule has 0 bridgehead atoms. The van der Waals surface area contributed by atoms with E-state index in [2.05, 4.69) is 10.0 Å². The van der Waals surface area contributed by atoms with E-state index in [0.717, 1.165) is 6.07 Å². The van der Waals surface area contributed by atoms with Gasteiger partial charge in [-0.25, -0.2) is 17.9 Å². The van der Waals surface area contributed by atoms with Gasteiger partial charge in [0.2, 0.25) is 10.0 Å². The molecule has 2 aromatic rings. The van der Waals surface area contributed by atoms with Crippen LogP contribution in [0.1, 0.15) is 17.3 Å². The second kappa shape index (κ2) is 8.99. The van der Waals surface area contributed by atoms with Gasteiger partial charge < -0.3 is 10.1 Å². The van der Waals surface area contributed by atoms with E-state index in [-0.39, 0.29) is 26.9 Å². The summed E-state index contributed by atoms with van der Waals surface area (Å²) >= 11 is 5.95. The van der Waals surface area contributed by atoms with Crippen LogP contribution in [0.15, 0.2) is 47.4 Å². The van der Waals surface area contributed by atoms with Crippen molar-refractivity contribution in [2.45, 2.75) is 17.9 Å². The number of esters is 1. The third-order valence-corrected chi connectivity index (χ3v) is 5.48. The zero-order valence-electron chi connectivity index (χ0n) is 15.2. The van der Waals surface area contributed by atoms with Crippen LogP contribution in [0, 0.1) is 10.1 Å². The fraction of sp³-hybridized carbons (Fsp3) is 0.176. The molecule has 0 aromatic heterocycles. The Kier molecular flexibility index (Phi) is 6.90. The molecular formula is C17H16ClN3O7S. The summed E-state index contributed by atoms with van der Waals surface area (Å²) in [6.45, 7) is 1.31. The third kappa shape index (κ3) is 5.50. The molecule has 1 atom stereocenters. The van der Waals surface area contributed by atoms with E-state index in [4.69, 9.17) is 16.3 Å². The van der Waals surface area contributed by atoms with Gasteiger partial charge in [0.05, 0.1) is 20.4 Å². The van der Waals surface area contributed by atoms with Crippen molar-refractivity contribution in [3.05, 3.63) is 63.2 Å². The average Bonchev–Trinajstić information content (AvgIpc) is 2.68. The summed E-state index contributed by atoms with van der Waals surface area (Å²) in [4.78, 5) is 34.4. The number of amides is 1. The number of halogens is 1. The maximum atomic E-state index is 12.3. The predicted molar refractivity (Wildman–Crippen MR) is 104 cm³/mol. The number of sulfonamides is 1. The fourth-order valence-corrected chi connectivity index (χ4v) is 3.08. The van der Waals surface area contributed by atoms with Crippen LogP contribution in [0.2, 0.25) is 5.02 Å². The topological polar surface area (TPSA) is 145 Å². The Bertz CT molecular complexity index is 1060. The molecule has 29 heavy (non-hydrogen) atoms. The molecule has 12 heteroatoms. The van der Waals surface area contributed by atoms with Crippen molar-refractivity contribution < 1.29 is 27.7 Å². The summed E-state index contributed by atoms with van der Waals surface area (Å²) in [5.41, 5.74) is -0.102. The number of carbonyl (C=O) groups excluding carboxylic acids is 2. The van der Waals surface area contributed by atoms with Crippen LogP contribution in [0.25, 0.3) is 0 Å². The lowest BCUT2D eigenvalue weighted by Gasteiger charge is -2.14. The molecule has 0 aliphatic carbocycles. The van der Waals surface area contributed by atoms with E-state index in [0.29, 0.717) is 0 Å². The Labute approximate surface area is 171 Å². The van der Waals surface area contributed by atoms with Gasteiger partial charge in [-0.3, -0.25) is 14.9 Å². The standard InChI is InChI=1S/C17H16ClN3O7S/c1-10(16(22)20-11-3-5-12(6-4-11)21(24)25)28-17(23)14-9-13(7-8-15(14)18)29(26,27)19-2/h3-10,19H,1-2H3,(H,20,22). The summed E-state index contributed by atoms with van der Waals surface area (Å²) in [7, 11) is -2.59. The molecule has 1 amide bonds. The third-order valence-electron chi connectivity index (χ3n) is 3.74. The minimum absolute atomic E-state index is 0.0481. The first-order chi connectivity index (χ1) is 13.5. The number of nitrogens with one attached hydrogen (secondary N) is 2. The zero-order valence-corrected chi connectivity index (χ0v) is 16.8. The Morgan fingerprint density at radius 2 is 1.79 bits per heavy atom. The van der Waals surface area contributed by atoms with E-state index >= 15 is 0 Å². The Balaban J connectivity index is 2.11. The van der Waals surface area contributed by atoms with Gasteiger partial charge in [-0.2, -0.15) is 0 Å². The molecule has 2 rings (SSSR count). The highest BCUT2D eigenvalue weighted by Gasteiger charge is 2.23. The lowest BCUT2D eigenvalue weighted by Crippen LogP contribution is -2.30. The lowest BCUT2D eigenvalue weighted by atomic mass is 10.2. The molecule has 0 heterocycles. The van der Waals surface area contributed by atoms with Crippen LogP contribution < -0.4 is 10.0 Å². The first-order valence-corrected chi connectivity index (χ1v) is 9.90. The average molecular weight is 442 g/mol. The molecule has 2 aromatic carbocycles. The van der Waals surface area contributed by atoms with Crippen LogP contribution >= 0.6 is 11.6 Å². The van der Waals surface area contributed by atoms with E-state index in [9.17, 15) is 28.1 Å². The molecular weight excluding hydrogens is 426 g/mol. The summed E-state index contributed by atoms with van der Waals surface area (Å²) in [6.07, 6.45) is -1.25. The van der Waals surface area contributed by atoms with Crippen molar-refractivity contribution >= 4 is 44.9 Å². The van der Waals surface area contributed by atoms with Gasteiger partial charge in [-0.1, -0.05) is 11.6 Å². The fourth-order valence-electron chi connectivity index (χ4n) is 2.13. The van der Waals surface area contributed by atoms with Gasteiger partial charge in [-0.05, 0) is 44.3 Å². The predicted octanol–water partition coefficient (Wildman–Crippen LogP) is 2.34. The smallest absolute Gasteiger partial charge is 0.340 e. The first-order valence-electron chi connectivity index (χ1n) is 8.04. The van der Waals surface area contributed by atoms with Crippen molar-refractivity contribution in [1.82, 2.24) is 4.72 Å². The Morgan fingerprint density at radius 1 is 1.17 bits per heavy atom. The Hall–Kier alpha value is -3.02. The summed E-state index contributed by atoms with van der Waals surface area (Å²) in [5, 5.41) is 13.0. The second-order valence-corrected chi connectivity index (χ2v) is 7.98. The van der Waals surface area contributed by atoms with E-state index < -0.39 is 32.9 Å². The number of non-ortho nitro benzene ring substituents is 1. The van der Waals surface area contributed by atoms with Crippen LogP contribution in [-0.4, -0.2) is 38.4 Å². The molecule has 2 N–H and O–H groups in total. The second-order valence-electron chi connectivity index (χ2n) is 5.69. The number of ether oxygens (including phenoxy) is 1. The van der Waals surface area contributed by atoms with Gasteiger partial charge in [0.15, 0.2) is 6.10 Å². The molecule has 0 spiro atoms. The number of hydrogen-bond donors (Lipinski definition) is 2. The van der Waals surface area contributed by atoms with Crippen molar-refractivity contribution in [3.8, 4) is 0 Å². The summed E-state index contributed by atoms with van der Waals surface area (Å²) < 4.78 is 30.9. The highest BCUT2D eigenvalue weighted by atomic mass is 35.5. The van der Waals surface area contributed by atoms with Crippen LogP contribution in [0.4, 0.5) is 11.4 Å². The zero-order chi connectivity index (χ0) is 21.8. The first kappa shape index (κ1) is 22.3. The van der Waals surface area contributed by atoms with Gasteiger partial charge in [0.25, 0.3) is 11.6 Å². The largest absolute Gasteiger partial charge is 0.449 e. The molecule has 0 aliphatic heterocycles. The highest BCUT2D eigenvalue weighted by Crippen LogP contribution is 2.22. The minimum Gasteiger partial charge on any atom is -0.449 e. The molecule has 0 saturated heterocycles. The van der Waals surface area contributed by atoms with Gasteiger partial charge in [0.1, 0.15) is 0 Å². The number of nitro groups is 1. The van der Waals surface area contributed by atoms with Crippen molar-refractivity contribution in [1.29, 1.82) is 0 Å². The highest BCUT2D eigenvalue weighted by molar-refractivity contribution is 7.89. The number of rotatable bonds is 7. The van der Waals surface area contributed by atoms with Gasteiger partial charge >= 0.3 is 5.97 Å². The van der Waals surface area contributed by atoms with E-state index in [1.54, 1.807) is 0 Å². The minimum atomic E-state index is -3.81. The van der Waals surface area contributed by atoms with Gasteiger partial charge in [-0.15, -0.1) is 0 Å². The molecule has 0 aliphatic rings. The summed E-state index contributed by atoms with van der Waals surface area (Å²) in [6, 6.07) is 8.55.